The van der Waals surface area contributed by atoms with Crippen molar-refractivity contribution in [3.8, 4) is 0 Å². The molecule has 0 saturated carbocycles. The maximum Gasteiger partial charge on any atom is 0.324 e. The summed E-state index contributed by atoms with van der Waals surface area (Å²) in [5, 5.41) is 16.2. The molecule has 4 amide bonds. The molecule has 2 atom stereocenters. The second-order valence-electron chi connectivity index (χ2n) is 8.28. The molecule has 1 aliphatic rings. The minimum Gasteiger partial charge on any atom is -0.394 e. The van der Waals surface area contributed by atoms with Crippen LogP contribution in [0, 0.1) is 0 Å². The molecule has 3 aromatic rings. The third kappa shape index (κ3) is 5.40. The van der Waals surface area contributed by atoms with E-state index in [9.17, 15) is 19.5 Å². The van der Waals surface area contributed by atoms with E-state index in [-0.39, 0.29) is 37.8 Å². The fraction of sp³-hybridized carbons (Fsp3) is 0.320. The van der Waals surface area contributed by atoms with Gasteiger partial charge in [0.1, 0.15) is 6.04 Å². The van der Waals surface area contributed by atoms with Crippen LogP contribution in [0.15, 0.2) is 60.8 Å². The molecular weight excluding hydrogens is 420 g/mol. The lowest BCUT2D eigenvalue weighted by molar-refractivity contribution is -0.127. The van der Waals surface area contributed by atoms with Crippen molar-refractivity contribution >= 4 is 28.7 Å². The van der Waals surface area contributed by atoms with Crippen LogP contribution >= 0.6 is 0 Å². The van der Waals surface area contributed by atoms with Crippen LogP contribution in [-0.2, 0) is 22.4 Å². The van der Waals surface area contributed by atoms with Crippen LogP contribution in [-0.4, -0.2) is 58.1 Å². The highest BCUT2D eigenvalue weighted by atomic mass is 16.3. The molecule has 1 aromatic heterocycles. The number of nitrogens with one attached hydrogen (secondary N) is 3. The summed E-state index contributed by atoms with van der Waals surface area (Å²) in [5.41, 5.74) is 3.07. The van der Waals surface area contributed by atoms with Gasteiger partial charge >= 0.3 is 6.03 Å². The number of hydrogen-bond acceptors (Lipinski definition) is 4. The van der Waals surface area contributed by atoms with Gasteiger partial charge in [-0.15, -0.1) is 0 Å². The number of imide groups is 1. The second-order valence-corrected chi connectivity index (χ2v) is 8.28. The first-order valence-corrected chi connectivity index (χ1v) is 11.2. The molecule has 4 rings (SSSR count). The van der Waals surface area contributed by atoms with Crippen molar-refractivity contribution < 1.29 is 19.5 Å². The molecule has 1 aliphatic heterocycles. The first-order chi connectivity index (χ1) is 16.0. The summed E-state index contributed by atoms with van der Waals surface area (Å²) in [5.74, 6) is -0.570. The van der Waals surface area contributed by atoms with Gasteiger partial charge in [-0.1, -0.05) is 48.5 Å². The average molecular weight is 449 g/mol. The van der Waals surface area contributed by atoms with E-state index in [0.29, 0.717) is 12.8 Å². The molecule has 2 heterocycles. The summed E-state index contributed by atoms with van der Waals surface area (Å²) in [4.78, 5) is 41.9. The number of aromatic amines is 1. The summed E-state index contributed by atoms with van der Waals surface area (Å²) in [6, 6.07) is 15.9. The van der Waals surface area contributed by atoms with Crippen LogP contribution < -0.4 is 10.6 Å². The van der Waals surface area contributed by atoms with Crippen LogP contribution in [0.25, 0.3) is 10.9 Å². The normalized spacial score (nSPS) is 16.8. The number of carbonyl (C=O) groups is 3. The first kappa shape index (κ1) is 22.5. The highest BCUT2D eigenvalue weighted by Crippen LogP contribution is 2.19. The van der Waals surface area contributed by atoms with Crippen molar-refractivity contribution in [1.82, 2.24) is 20.5 Å². The van der Waals surface area contributed by atoms with Gasteiger partial charge in [0.05, 0.1) is 12.6 Å². The predicted octanol–water partition coefficient (Wildman–Crippen LogP) is 2.13. The number of carbonyl (C=O) groups excluding carboxylic acids is 3. The second kappa shape index (κ2) is 10.3. The molecular formula is C25H28N4O4. The van der Waals surface area contributed by atoms with Crippen LogP contribution in [0.1, 0.15) is 24.0 Å². The molecule has 4 N–H and O–H groups in total. The number of aromatic nitrogens is 1. The summed E-state index contributed by atoms with van der Waals surface area (Å²) in [6.45, 7) is 0.0974. The number of aliphatic hydroxyl groups excluding tert-OH is 1. The van der Waals surface area contributed by atoms with Gasteiger partial charge < -0.3 is 20.7 Å². The Kier molecular flexibility index (Phi) is 7.04. The number of nitrogens with zero attached hydrogens (tertiary/aromatic N) is 1. The van der Waals surface area contributed by atoms with E-state index in [0.717, 1.165) is 22.0 Å². The highest BCUT2D eigenvalue weighted by Gasteiger charge is 2.37. The molecule has 0 spiro atoms. The Morgan fingerprint density at radius 3 is 2.64 bits per heavy atom. The molecule has 33 heavy (non-hydrogen) atoms. The number of para-hydroxylation sites is 1. The van der Waals surface area contributed by atoms with Gasteiger partial charge in [-0.25, -0.2) is 4.79 Å². The molecule has 1 fully saturated rings. The van der Waals surface area contributed by atoms with Crippen molar-refractivity contribution in [1.29, 1.82) is 0 Å². The molecule has 2 unspecified atom stereocenters. The number of benzene rings is 2. The van der Waals surface area contributed by atoms with E-state index in [4.69, 9.17) is 0 Å². The van der Waals surface area contributed by atoms with Gasteiger partial charge in [-0.3, -0.25) is 14.5 Å². The monoisotopic (exact) mass is 448 g/mol. The highest BCUT2D eigenvalue weighted by molar-refractivity contribution is 6.04. The summed E-state index contributed by atoms with van der Waals surface area (Å²) in [7, 11) is 0. The smallest absolute Gasteiger partial charge is 0.324 e. The van der Waals surface area contributed by atoms with Gasteiger partial charge in [0.25, 0.3) is 5.91 Å². The van der Waals surface area contributed by atoms with Crippen LogP contribution in [0.4, 0.5) is 4.79 Å². The number of aliphatic hydroxyl groups is 1. The molecule has 0 radical (unpaired) electrons. The SMILES string of the molecule is O=C(CCC1NC(=O)N(CCc2c[nH]c3ccccc23)C1=O)NC(CO)Cc1ccccc1. The maximum absolute atomic E-state index is 12.7. The average Bonchev–Trinajstić information content (AvgIpc) is 3.36. The Labute approximate surface area is 192 Å². The number of fused-ring (bicyclic) bond motifs is 1. The van der Waals surface area contributed by atoms with Crippen LogP contribution in [0.3, 0.4) is 0 Å². The van der Waals surface area contributed by atoms with Crippen LogP contribution in [0.5, 0.6) is 0 Å². The zero-order valence-corrected chi connectivity index (χ0v) is 18.3. The zero-order chi connectivity index (χ0) is 23.2. The molecule has 0 aliphatic carbocycles. The molecule has 8 heteroatoms. The fourth-order valence-electron chi connectivity index (χ4n) is 4.19. The third-order valence-electron chi connectivity index (χ3n) is 5.96. The van der Waals surface area contributed by atoms with Crippen molar-refractivity contribution in [2.45, 2.75) is 37.8 Å². The lowest BCUT2D eigenvalue weighted by Crippen LogP contribution is -2.40. The van der Waals surface area contributed by atoms with E-state index in [1.165, 1.54) is 4.90 Å². The lowest BCUT2D eigenvalue weighted by atomic mass is 10.1. The molecule has 172 valence electrons. The van der Waals surface area contributed by atoms with Crippen molar-refractivity contribution in [3.63, 3.8) is 0 Å². The number of rotatable bonds is 10. The van der Waals surface area contributed by atoms with Crippen LogP contribution in [0.2, 0.25) is 0 Å². The Hall–Kier alpha value is -3.65. The molecule has 0 bridgehead atoms. The Balaban J connectivity index is 1.26. The molecule has 2 aromatic carbocycles. The van der Waals surface area contributed by atoms with E-state index in [1.807, 2.05) is 60.8 Å². The quantitative estimate of drug-likeness (QED) is 0.356. The number of H-pyrrole nitrogens is 1. The van der Waals surface area contributed by atoms with E-state index in [1.54, 1.807) is 0 Å². The van der Waals surface area contributed by atoms with E-state index < -0.39 is 18.1 Å². The standard InChI is InChI=1S/C25H28N4O4/c30-16-19(14-17-6-2-1-3-7-17)27-23(31)11-10-22-24(32)29(25(33)28-22)13-12-18-15-26-21-9-5-4-8-20(18)21/h1-9,15,19,22,26,30H,10-14,16H2,(H,27,31)(H,28,33). The van der Waals surface area contributed by atoms with Gasteiger partial charge in [0.2, 0.25) is 5.91 Å². The number of amides is 4. The summed E-state index contributed by atoms with van der Waals surface area (Å²) >= 11 is 0. The first-order valence-electron chi connectivity index (χ1n) is 11.2. The lowest BCUT2D eigenvalue weighted by Gasteiger charge is -2.17. The Morgan fingerprint density at radius 1 is 1.09 bits per heavy atom. The molecule has 1 saturated heterocycles. The topological polar surface area (TPSA) is 115 Å². The van der Waals surface area contributed by atoms with Crippen molar-refractivity contribution in [3.05, 3.63) is 71.9 Å². The Bertz CT molecular complexity index is 1130. The summed E-state index contributed by atoms with van der Waals surface area (Å²) < 4.78 is 0. The van der Waals surface area contributed by atoms with E-state index in [2.05, 4.69) is 15.6 Å². The third-order valence-corrected chi connectivity index (χ3v) is 5.96. The fourth-order valence-corrected chi connectivity index (χ4v) is 4.19. The zero-order valence-electron chi connectivity index (χ0n) is 18.3. The largest absolute Gasteiger partial charge is 0.394 e. The Morgan fingerprint density at radius 2 is 1.85 bits per heavy atom. The summed E-state index contributed by atoms with van der Waals surface area (Å²) in [6.07, 6.45) is 3.26. The van der Waals surface area contributed by atoms with Crippen molar-refractivity contribution in [2.75, 3.05) is 13.2 Å². The number of hydrogen-bond donors (Lipinski definition) is 4. The van der Waals surface area contributed by atoms with Gasteiger partial charge in [0, 0.05) is 30.1 Å². The minimum atomic E-state index is -0.715. The van der Waals surface area contributed by atoms with E-state index >= 15 is 0 Å². The van der Waals surface area contributed by atoms with Gasteiger partial charge in [-0.2, -0.15) is 0 Å². The number of urea groups is 1. The van der Waals surface area contributed by atoms with Gasteiger partial charge in [-0.05, 0) is 36.5 Å². The maximum atomic E-state index is 12.7. The molecule has 8 nitrogen and oxygen atoms in total. The minimum absolute atomic E-state index is 0.0816. The van der Waals surface area contributed by atoms with Gasteiger partial charge in [0.15, 0.2) is 0 Å². The van der Waals surface area contributed by atoms with Crippen molar-refractivity contribution in [2.24, 2.45) is 0 Å². The predicted molar refractivity (Wildman–Crippen MR) is 124 cm³/mol.